The normalized spacial score (nSPS) is 11.7. The maximum atomic E-state index is 13.0. The summed E-state index contributed by atoms with van der Waals surface area (Å²) < 4.78 is 13.0. The minimum absolute atomic E-state index is 0.133. The van der Waals surface area contributed by atoms with Crippen molar-refractivity contribution in [2.24, 2.45) is 0 Å². The number of halogens is 2. The van der Waals surface area contributed by atoms with Crippen LogP contribution in [-0.4, -0.2) is 35.1 Å². The van der Waals surface area contributed by atoms with Crippen LogP contribution < -0.4 is 5.32 Å². The summed E-state index contributed by atoms with van der Waals surface area (Å²) in [5, 5.41) is 3.35. The van der Waals surface area contributed by atoms with E-state index in [0.29, 0.717) is 23.9 Å². The molecular formula is C21H24ClFN2O2S. The fraction of sp³-hybridized carbons (Fsp3) is 0.333. The predicted octanol–water partition coefficient (Wildman–Crippen LogP) is 4.27. The molecule has 0 fully saturated rings. The number of benzene rings is 2. The summed E-state index contributed by atoms with van der Waals surface area (Å²) in [6.45, 7) is 4.36. The molecule has 0 aliphatic rings. The Hall–Kier alpha value is -2.05. The van der Waals surface area contributed by atoms with Crippen LogP contribution >= 0.6 is 23.4 Å². The Morgan fingerprint density at radius 2 is 1.89 bits per heavy atom. The lowest BCUT2D eigenvalue weighted by Gasteiger charge is -2.28. The van der Waals surface area contributed by atoms with Crippen molar-refractivity contribution in [1.82, 2.24) is 10.2 Å². The third kappa shape index (κ3) is 6.84. The lowest BCUT2D eigenvalue weighted by Crippen LogP contribution is -2.48. The second kappa shape index (κ2) is 11.1. The van der Waals surface area contributed by atoms with Gasteiger partial charge in [-0.05, 0) is 49.2 Å². The van der Waals surface area contributed by atoms with Crippen LogP contribution in [0.4, 0.5) is 4.39 Å². The molecule has 0 aliphatic heterocycles. The topological polar surface area (TPSA) is 49.4 Å². The number of hydrogen-bond donors (Lipinski definition) is 1. The van der Waals surface area contributed by atoms with Gasteiger partial charge >= 0.3 is 0 Å². The Labute approximate surface area is 174 Å². The first-order chi connectivity index (χ1) is 13.4. The van der Waals surface area contributed by atoms with Crippen LogP contribution in [0.1, 0.15) is 25.0 Å². The zero-order chi connectivity index (χ0) is 20.5. The van der Waals surface area contributed by atoms with Gasteiger partial charge in [-0.15, -0.1) is 11.8 Å². The third-order valence-electron chi connectivity index (χ3n) is 4.17. The molecule has 7 heteroatoms. The van der Waals surface area contributed by atoms with E-state index in [-0.39, 0.29) is 23.4 Å². The molecule has 0 aliphatic carbocycles. The molecule has 0 spiro atoms. The van der Waals surface area contributed by atoms with Gasteiger partial charge in [-0.2, -0.15) is 0 Å². The molecule has 1 atom stereocenters. The second-order valence-corrected chi connectivity index (χ2v) is 7.76. The van der Waals surface area contributed by atoms with E-state index in [1.165, 1.54) is 23.9 Å². The van der Waals surface area contributed by atoms with Gasteiger partial charge in [-0.1, -0.05) is 35.9 Å². The lowest BCUT2D eigenvalue weighted by atomic mass is 10.1. The summed E-state index contributed by atoms with van der Waals surface area (Å²) in [7, 11) is 0. The van der Waals surface area contributed by atoms with E-state index in [1.807, 2.05) is 19.1 Å². The molecule has 1 N–H and O–H groups in total. The van der Waals surface area contributed by atoms with Gasteiger partial charge in [0.1, 0.15) is 11.9 Å². The van der Waals surface area contributed by atoms with E-state index in [1.54, 1.807) is 36.1 Å². The molecule has 28 heavy (non-hydrogen) atoms. The van der Waals surface area contributed by atoms with Gasteiger partial charge < -0.3 is 10.2 Å². The van der Waals surface area contributed by atoms with Crippen molar-refractivity contribution >= 4 is 35.2 Å². The first-order valence-electron chi connectivity index (χ1n) is 9.04. The third-order valence-corrected chi connectivity index (χ3v) is 5.39. The Morgan fingerprint density at radius 1 is 1.18 bits per heavy atom. The highest BCUT2D eigenvalue weighted by Crippen LogP contribution is 2.18. The van der Waals surface area contributed by atoms with Gasteiger partial charge in [0.05, 0.1) is 5.75 Å². The average Bonchev–Trinajstić information content (AvgIpc) is 2.67. The van der Waals surface area contributed by atoms with Gasteiger partial charge in [0.2, 0.25) is 11.8 Å². The SMILES string of the molecule is CCNC(=O)[C@@H](C)N(Cc1cccc(Cl)c1)C(=O)CSCc1ccc(F)cc1. The van der Waals surface area contributed by atoms with Crippen LogP contribution in [0.15, 0.2) is 48.5 Å². The molecule has 0 bridgehead atoms. The monoisotopic (exact) mass is 422 g/mol. The van der Waals surface area contributed by atoms with Crippen LogP contribution in [0, 0.1) is 5.82 Å². The molecule has 150 valence electrons. The fourth-order valence-corrected chi connectivity index (χ4v) is 3.74. The maximum absolute atomic E-state index is 13.0. The summed E-state index contributed by atoms with van der Waals surface area (Å²) in [4.78, 5) is 26.7. The minimum atomic E-state index is -0.599. The first-order valence-corrected chi connectivity index (χ1v) is 10.6. The van der Waals surface area contributed by atoms with Crippen molar-refractivity contribution in [3.8, 4) is 0 Å². The number of hydrogen-bond acceptors (Lipinski definition) is 3. The Kier molecular flexibility index (Phi) is 8.80. The number of carbonyl (C=O) groups is 2. The molecule has 0 saturated carbocycles. The highest BCUT2D eigenvalue weighted by molar-refractivity contribution is 7.99. The molecule has 0 unspecified atom stereocenters. The molecule has 0 heterocycles. The summed E-state index contributed by atoms with van der Waals surface area (Å²) in [5.74, 6) is 0.203. The minimum Gasteiger partial charge on any atom is -0.355 e. The highest BCUT2D eigenvalue weighted by Gasteiger charge is 2.25. The van der Waals surface area contributed by atoms with Gasteiger partial charge in [-0.3, -0.25) is 9.59 Å². The number of rotatable bonds is 9. The predicted molar refractivity (Wildman–Crippen MR) is 113 cm³/mol. The number of thioether (sulfide) groups is 1. The van der Waals surface area contributed by atoms with E-state index in [4.69, 9.17) is 11.6 Å². The summed E-state index contributed by atoms with van der Waals surface area (Å²) in [5.41, 5.74) is 1.80. The van der Waals surface area contributed by atoms with Crippen molar-refractivity contribution < 1.29 is 14.0 Å². The van der Waals surface area contributed by atoms with Gasteiger partial charge in [0.25, 0.3) is 0 Å². The fourth-order valence-electron chi connectivity index (χ4n) is 2.66. The number of likely N-dealkylation sites (N-methyl/N-ethyl adjacent to an activating group) is 1. The van der Waals surface area contributed by atoms with Crippen molar-refractivity contribution in [1.29, 1.82) is 0 Å². The number of amides is 2. The molecule has 4 nitrogen and oxygen atoms in total. The summed E-state index contributed by atoms with van der Waals surface area (Å²) in [6.07, 6.45) is 0. The first kappa shape index (κ1) is 22.2. The number of nitrogens with zero attached hydrogens (tertiary/aromatic N) is 1. The van der Waals surface area contributed by atoms with Crippen LogP contribution in [0.2, 0.25) is 5.02 Å². The van der Waals surface area contributed by atoms with Gasteiger partial charge in [0, 0.05) is 23.9 Å². The Morgan fingerprint density at radius 3 is 2.54 bits per heavy atom. The van der Waals surface area contributed by atoms with Crippen LogP contribution in [0.3, 0.4) is 0 Å². The molecule has 2 rings (SSSR count). The lowest BCUT2D eigenvalue weighted by molar-refractivity contribution is -0.138. The largest absolute Gasteiger partial charge is 0.355 e. The quantitative estimate of drug-likeness (QED) is 0.656. The Bertz CT molecular complexity index is 801. The van der Waals surface area contributed by atoms with E-state index >= 15 is 0 Å². The molecule has 2 aromatic rings. The number of carbonyl (C=O) groups excluding carboxylic acids is 2. The van der Waals surface area contributed by atoms with Gasteiger partial charge in [-0.25, -0.2) is 4.39 Å². The molecule has 2 amide bonds. The smallest absolute Gasteiger partial charge is 0.242 e. The van der Waals surface area contributed by atoms with E-state index in [9.17, 15) is 14.0 Å². The molecule has 0 saturated heterocycles. The molecule has 2 aromatic carbocycles. The van der Waals surface area contributed by atoms with E-state index in [0.717, 1.165) is 11.1 Å². The van der Waals surface area contributed by atoms with Crippen LogP contribution in [0.25, 0.3) is 0 Å². The maximum Gasteiger partial charge on any atom is 0.242 e. The van der Waals surface area contributed by atoms with Gasteiger partial charge in [0.15, 0.2) is 0 Å². The summed E-state index contributed by atoms with van der Waals surface area (Å²) >= 11 is 7.48. The standard InChI is InChI=1S/C21H24ClFN2O2S/c1-3-24-21(27)15(2)25(12-17-5-4-6-18(22)11-17)20(26)14-28-13-16-7-9-19(23)10-8-16/h4-11,15H,3,12-14H2,1-2H3,(H,24,27)/t15-/m1/s1. The van der Waals surface area contributed by atoms with Crippen LogP contribution in [-0.2, 0) is 21.9 Å². The number of nitrogens with one attached hydrogen (secondary N) is 1. The zero-order valence-electron chi connectivity index (χ0n) is 16.0. The van der Waals surface area contributed by atoms with Crippen LogP contribution in [0.5, 0.6) is 0 Å². The van der Waals surface area contributed by atoms with Crippen molar-refractivity contribution in [3.63, 3.8) is 0 Å². The Balaban J connectivity index is 2.04. The molecule has 0 aromatic heterocycles. The summed E-state index contributed by atoms with van der Waals surface area (Å²) in [6, 6.07) is 12.9. The van der Waals surface area contributed by atoms with Crippen molar-refractivity contribution in [2.75, 3.05) is 12.3 Å². The van der Waals surface area contributed by atoms with Crippen molar-refractivity contribution in [3.05, 3.63) is 70.5 Å². The van der Waals surface area contributed by atoms with Crippen molar-refractivity contribution in [2.45, 2.75) is 32.2 Å². The zero-order valence-corrected chi connectivity index (χ0v) is 17.5. The van der Waals surface area contributed by atoms with E-state index in [2.05, 4.69) is 5.32 Å². The van der Waals surface area contributed by atoms with E-state index < -0.39 is 6.04 Å². The molecular weight excluding hydrogens is 399 g/mol. The second-order valence-electron chi connectivity index (χ2n) is 6.34. The molecule has 0 radical (unpaired) electrons. The average molecular weight is 423 g/mol. The highest BCUT2D eigenvalue weighted by atomic mass is 35.5.